The van der Waals surface area contributed by atoms with Gasteiger partial charge in [-0.3, -0.25) is 0 Å². The predicted octanol–water partition coefficient (Wildman–Crippen LogP) is -0.423. The molecule has 0 aromatic rings. The van der Waals surface area contributed by atoms with E-state index in [9.17, 15) is 0 Å². The van der Waals surface area contributed by atoms with E-state index in [1.165, 1.54) is 0 Å². The fourth-order valence-corrected chi connectivity index (χ4v) is 0.855. The number of halogens is 1. The maximum absolute atomic E-state index is 8.60. The van der Waals surface area contributed by atoms with Crippen LogP contribution in [0, 0.1) is 5.92 Å². The van der Waals surface area contributed by atoms with Crippen LogP contribution in [0.25, 0.3) is 0 Å². The average Bonchev–Trinajstić information content (AvgIpc) is 2.17. The Labute approximate surface area is 46.7 Å². The van der Waals surface area contributed by atoms with E-state index < -0.39 is 6.10 Å². The van der Waals surface area contributed by atoms with E-state index in [0.717, 1.165) is 0 Å². The summed E-state index contributed by atoms with van der Waals surface area (Å²) in [6.07, 6.45) is -0.452. The molecule has 0 saturated heterocycles. The number of rotatable bonds is 1. The van der Waals surface area contributed by atoms with Crippen molar-refractivity contribution in [2.24, 2.45) is 5.92 Å². The SMILES string of the molecule is OCC1C(O)C1Cl. The van der Waals surface area contributed by atoms with Crippen molar-refractivity contribution in [2.45, 2.75) is 11.5 Å². The van der Waals surface area contributed by atoms with Crippen LogP contribution >= 0.6 is 11.6 Å². The highest BCUT2D eigenvalue weighted by molar-refractivity contribution is 6.23. The zero-order valence-electron chi connectivity index (χ0n) is 3.71. The first-order valence-corrected chi connectivity index (χ1v) is 2.64. The van der Waals surface area contributed by atoms with Crippen molar-refractivity contribution < 1.29 is 10.2 Å². The summed E-state index contributed by atoms with van der Waals surface area (Å²) < 4.78 is 0. The third-order valence-electron chi connectivity index (χ3n) is 1.24. The van der Waals surface area contributed by atoms with E-state index in [1.54, 1.807) is 0 Å². The normalized spacial score (nSPS) is 49.3. The van der Waals surface area contributed by atoms with E-state index in [-0.39, 0.29) is 17.9 Å². The van der Waals surface area contributed by atoms with Gasteiger partial charge in [-0.1, -0.05) is 0 Å². The third-order valence-corrected chi connectivity index (χ3v) is 1.83. The van der Waals surface area contributed by atoms with Crippen molar-refractivity contribution in [1.29, 1.82) is 0 Å². The largest absolute Gasteiger partial charge is 0.396 e. The molecule has 1 saturated carbocycles. The van der Waals surface area contributed by atoms with Crippen molar-refractivity contribution in [3.63, 3.8) is 0 Å². The molecular weight excluding hydrogens is 115 g/mol. The van der Waals surface area contributed by atoms with Crippen LogP contribution < -0.4 is 0 Å². The van der Waals surface area contributed by atoms with Crippen LogP contribution in [0.15, 0.2) is 0 Å². The number of alkyl halides is 1. The summed E-state index contributed by atoms with van der Waals surface area (Å²) in [6, 6.07) is 0. The number of hydrogen-bond donors (Lipinski definition) is 2. The van der Waals surface area contributed by atoms with Gasteiger partial charge in [0, 0.05) is 12.5 Å². The van der Waals surface area contributed by atoms with Crippen molar-refractivity contribution in [3.8, 4) is 0 Å². The standard InChI is InChI=1S/C4H7ClO2/c5-3-2(1-6)4(3)7/h2-4,6-7H,1H2. The second-order valence-electron chi connectivity index (χ2n) is 1.78. The molecular formula is C4H7ClO2. The highest BCUT2D eigenvalue weighted by Gasteiger charge is 2.47. The summed E-state index contributed by atoms with van der Waals surface area (Å²) in [5, 5.41) is 16.7. The molecule has 0 heterocycles. The van der Waals surface area contributed by atoms with Crippen LogP contribution in [0.1, 0.15) is 0 Å². The minimum atomic E-state index is -0.452. The van der Waals surface area contributed by atoms with Crippen LogP contribution in [0.5, 0.6) is 0 Å². The average molecular weight is 123 g/mol. The minimum absolute atomic E-state index is 0.00926. The lowest BCUT2D eigenvalue weighted by atomic mass is 10.5. The van der Waals surface area contributed by atoms with Crippen LogP contribution in [0.4, 0.5) is 0 Å². The molecule has 1 fully saturated rings. The van der Waals surface area contributed by atoms with E-state index in [1.807, 2.05) is 0 Å². The lowest BCUT2D eigenvalue weighted by Gasteiger charge is -1.78. The van der Waals surface area contributed by atoms with Gasteiger partial charge >= 0.3 is 0 Å². The monoisotopic (exact) mass is 122 g/mol. The van der Waals surface area contributed by atoms with Gasteiger partial charge in [0.15, 0.2) is 0 Å². The Kier molecular flexibility index (Phi) is 1.24. The second-order valence-corrected chi connectivity index (χ2v) is 2.29. The molecule has 2 nitrogen and oxygen atoms in total. The van der Waals surface area contributed by atoms with Crippen LogP contribution in [0.2, 0.25) is 0 Å². The van der Waals surface area contributed by atoms with Crippen molar-refractivity contribution in [3.05, 3.63) is 0 Å². The zero-order valence-corrected chi connectivity index (χ0v) is 4.47. The Morgan fingerprint density at radius 1 is 1.57 bits per heavy atom. The molecule has 3 unspecified atom stereocenters. The number of aliphatic hydroxyl groups excluding tert-OH is 2. The molecule has 0 aromatic heterocycles. The summed E-state index contributed by atoms with van der Waals surface area (Å²) in [6.45, 7) is 0.00926. The molecule has 0 spiro atoms. The van der Waals surface area contributed by atoms with Crippen LogP contribution in [-0.4, -0.2) is 28.3 Å². The molecule has 0 amide bonds. The molecule has 0 aromatic carbocycles. The molecule has 0 radical (unpaired) electrons. The molecule has 3 atom stereocenters. The van der Waals surface area contributed by atoms with Crippen LogP contribution in [-0.2, 0) is 0 Å². The summed E-state index contributed by atoms with van der Waals surface area (Å²) in [5.74, 6) is -0.0540. The highest BCUT2D eigenvalue weighted by atomic mass is 35.5. The molecule has 1 aliphatic rings. The summed E-state index contributed by atoms with van der Waals surface area (Å²) in [7, 11) is 0. The van der Waals surface area contributed by atoms with Gasteiger partial charge in [-0.2, -0.15) is 0 Å². The maximum atomic E-state index is 8.60. The second kappa shape index (κ2) is 1.62. The zero-order chi connectivity index (χ0) is 5.44. The first-order valence-electron chi connectivity index (χ1n) is 2.20. The summed E-state index contributed by atoms with van der Waals surface area (Å²) >= 11 is 5.39. The Bertz CT molecular complexity index is 68.1. The first-order chi connectivity index (χ1) is 3.27. The van der Waals surface area contributed by atoms with Gasteiger partial charge in [-0.15, -0.1) is 11.6 Å². The van der Waals surface area contributed by atoms with Gasteiger partial charge in [-0.05, 0) is 0 Å². The topological polar surface area (TPSA) is 40.5 Å². The van der Waals surface area contributed by atoms with Crippen molar-refractivity contribution >= 4 is 11.6 Å². The fourth-order valence-electron chi connectivity index (χ4n) is 0.524. The van der Waals surface area contributed by atoms with Gasteiger partial charge in [-0.25, -0.2) is 0 Å². The van der Waals surface area contributed by atoms with E-state index in [0.29, 0.717) is 0 Å². The molecule has 3 heteroatoms. The Morgan fingerprint density at radius 3 is 2.00 bits per heavy atom. The molecule has 7 heavy (non-hydrogen) atoms. The Balaban J connectivity index is 2.24. The lowest BCUT2D eigenvalue weighted by Crippen LogP contribution is -1.89. The number of aliphatic hydroxyl groups is 2. The third kappa shape index (κ3) is 0.738. The molecule has 1 rings (SSSR count). The van der Waals surface area contributed by atoms with Gasteiger partial charge in [0.1, 0.15) is 0 Å². The van der Waals surface area contributed by atoms with Gasteiger partial charge in [0.2, 0.25) is 0 Å². The highest BCUT2D eigenvalue weighted by Crippen LogP contribution is 2.35. The lowest BCUT2D eigenvalue weighted by molar-refractivity contribution is 0.210. The minimum Gasteiger partial charge on any atom is -0.396 e. The molecule has 0 bridgehead atoms. The molecule has 1 aliphatic carbocycles. The van der Waals surface area contributed by atoms with Gasteiger partial charge in [0.25, 0.3) is 0 Å². The summed E-state index contributed by atoms with van der Waals surface area (Å²) in [5.41, 5.74) is 0. The van der Waals surface area contributed by atoms with Gasteiger partial charge < -0.3 is 10.2 Å². The fraction of sp³-hybridized carbons (Fsp3) is 1.00. The predicted molar refractivity (Wildman–Crippen MR) is 26.2 cm³/mol. The quantitative estimate of drug-likeness (QED) is 0.464. The van der Waals surface area contributed by atoms with Crippen LogP contribution in [0.3, 0.4) is 0 Å². The molecule has 0 aliphatic heterocycles. The first kappa shape index (κ1) is 5.35. The Morgan fingerprint density at radius 2 is 2.00 bits per heavy atom. The summed E-state index contributed by atoms with van der Waals surface area (Å²) in [4.78, 5) is 0. The number of hydrogen-bond acceptors (Lipinski definition) is 2. The van der Waals surface area contributed by atoms with Crippen molar-refractivity contribution in [1.82, 2.24) is 0 Å². The van der Waals surface area contributed by atoms with Crippen molar-refractivity contribution in [2.75, 3.05) is 6.61 Å². The Hall–Kier alpha value is 0.210. The maximum Gasteiger partial charge on any atom is 0.0773 e. The smallest absolute Gasteiger partial charge is 0.0773 e. The molecule has 42 valence electrons. The van der Waals surface area contributed by atoms with E-state index in [4.69, 9.17) is 21.8 Å². The van der Waals surface area contributed by atoms with E-state index in [2.05, 4.69) is 0 Å². The van der Waals surface area contributed by atoms with Gasteiger partial charge in [0.05, 0.1) is 11.5 Å². The van der Waals surface area contributed by atoms with E-state index >= 15 is 0 Å². The molecule has 2 N–H and O–H groups in total.